The summed E-state index contributed by atoms with van der Waals surface area (Å²) in [6.07, 6.45) is 1.00. The van der Waals surface area contributed by atoms with Crippen LogP contribution in [0, 0.1) is 0 Å². The van der Waals surface area contributed by atoms with Crippen LogP contribution >= 0.6 is 11.3 Å². The largest absolute Gasteiger partial charge is 0.494 e. The summed E-state index contributed by atoms with van der Waals surface area (Å²) >= 11 is 1.73. The van der Waals surface area contributed by atoms with Crippen LogP contribution in [0.3, 0.4) is 0 Å². The number of nitrogens with two attached hydrogens (primary N) is 1. The number of hydrogen-bond donors (Lipinski definition) is 2. The van der Waals surface area contributed by atoms with E-state index in [2.05, 4.69) is 29.1 Å². The van der Waals surface area contributed by atoms with Crippen LogP contribution in [0.4, 0.5) is 11.4 Å². The van der Waals surface area contributed by atoms with E-state index >= 15 is 0 Å². The molecule has 0 fully saturated rings. The molecule has 4 heteroatoms. The third-order valence-corrected chi connectivity index (χ3v) is 3.51. The van der Waals surface area contributed by atoms with Crippen molar-refractivity contribution in [3.05, 3.63) is 40.6 Å². The maximum atomic E-state index is 5.88. The van der Waals surface area contributed by atoms with Crippen LogP contribution in [0.2, 0.25) is 0 Å². The van der Waals surface area contributed by atoms with E-state index < -0.39 is 0 Å². The van der Waals surface area contributed by atoms with Crippen LogP contribution in [0.5, 0.6) is 5.75 Å². The molecular formula is C15H20N2OS. The van der Waals surface area contributed by atoms with E-state index in [4.69, 9.17) is 10.5 Å². The molecule has 102 valence electrons. The Morgan fingerprint density at radius 1 is 1.37 bits per heavy atom. The van der Waals surface area contributed by atoms with Gasteiger partial charge in [0, 0.05) is 29.5 Å². The molecule has 0 aliphatic rings. The van der Waals surface area contributed by atoms with Gasteiger partial charge in [-0.25, -0.2) is 0 Å². The van der Waals surface area contributed by atoms with Gasteiger partial charge in [0.2, 0.25) is 0 Å². The molecule has 19 heavy (non-hydrogen) atoms. The molecule has 0 amide bonds. The molecule has 0 bridgehead atoms. The second kappa shape index (κ2) is 6.48. The van der Waals surface area contributed by atoms with E-state index in [-0.39, 0.29) is 0 Å². The van der Waals surface area contributed by atoms with Crippen molar-refractivity contribution in [3.8, 4) is 5.75 Å². The van der Waals surface area contributed by atoms with Gasteiger partial charge in [0.15, 0.2) is 0 Å². The number of ether oxygens (including phenoxy) is 1. The number of thiophene rings is 1. The smallest absolute Gasteiger partial charge is 0.123 e. The molecule has 0 spiro atoms. The van der Waals surface area contributed by atoms with Crippen LogP contribution < -0.4 is 15.8 Å². The first kappa shape index (κ1) is 13.7. The van der Waals surface area contributed by atoms with Gasteiger partial charge in [0.25, 0.3) is 0 Å². The van der Waals surface area contributed by atoms with Crippen molar-refractivity contribution in [2.45, 2.75) is 26.3 Å². The third kappa shape index (κ3) is 4.17. The molecule has 2 rings (SSSR count). The molecule has 1 atom stereocenters. The average Bonchev–Trinajstić information content (AvgIpc) is 2.81. The van der Waals surface area contributed by atoms with Crippen LogP contribution in [-0.4, -0.2) is 12.6 Å². The molecule has 0 radical (unpaired) electrons. The number of anilines is 2. The van der Waals surface area contributed by atoms with Gasteiger partial charge in [0.1, 0.15) is 5.75 Å². The van der Waals surface area contributed by atoms with Crippen molar-refractivity contribution < 1.29 is 4.74 Å². The predicted molar refractivity (Wildman–Crippen MR) is 83.1 cm³/mol. The zero-order chi connectivity index (χ0) is 13.7. The minimum Gasteiger partial charge on any atom is -0.494 e. The number of benzene rings is 1. The van der Waals surface area contributed by atoms with Crippen molar-refractivity contribution in [2.24, 2.45) is 0 Å². The Kier molecular flexibility index (Phi) is 4.68. The van der Waals surface area contributed by atoms with E-state index in [1.165, 1.54) is 5.56 Å². The zero-order valence-electron chi connectivity index (χ0n) is 11.3. The first-order valence-corrected chi connectivity index (χ1v) is 7.42. The van der Waals surface area contributed by atoms with Crippen molar-refractivity contribution in [1.82, 2.24) is 0 Å². The molecule has 3 N–H and O–H groups in total. The summed E-state index contributed by atoms with van der Waals surface area (Å²) < 4.78 is 5.50. The fraction of sp³-hybridized carbons (Fsp3) is 0.333. The average molecular weight is 276 g/mol. The van der Waals surface area contributed by atoms with Gasteiger partial charge in [-0.15, -0.1) is 0 Å². The van der Waals surface area contributed by atoms with E-state index in [1.54, 1.807) is 11.3 Å². The minimum absolute atomic E-state index is 0.353. The second-order valence-electron chi connectivity index (χ2n) is 4.60. The Balaban J connectivity index is 2.01. The highest BCUT2D eigenvalue weighted by molar-refractivity contribution is 7.07. The Bertz CT molecular complexity index is 511. The maximum Gasteiger partial charge on any atom is 0.123 e. The molecule has 0 aliphatic carbocycles. The SMILES string of the molecule is CCOc1cc(N)cc(NC(C)Cc2ccsc2)c1. The van der Waals surface area contributed by atoms with Gasteiger partial charge < -0.3 is 15.8 Å². The molecule has 0 saturated carbocycles. The van der Waals surface area contributed by atoms with Crippen LogP contribution in [0.25, 0.3) is 0 Å². The summed E-state index contributed by atoms with van der Waals surface area (Å²) in [6.45, 7) is 4.78. The normalized spacial score (nSPS) is 12.1. The lowest BCUT2D eigenvalue weighted by Gasteiger charge is -2.16. The van der Waals surface area contributed by atoms with Crippen molar-refractivity contribution in [1.29, 1.82) is 0 Å². The number of hydrogen-bond acceptors (Lipinski definition) is 4. The van der Waals surface area contributed by atoms with Gasteiger partial charge in [-0.1, -0.05) is 0 Å². The summed E-state index contributed by atoms with van der Waals surface area (Å²) in [4.78, 5) is 0. The summed E-state index contributed by atoms with van der Waals surface area (Å²) in [7, 11) is 0. The van der Waals surface area contributed by atoms with Crippen LogP contribution in [0.15, 0.2) is 35.0 Å². The Morgan fingerprint density at radius 2 is 2.21 bits per heavy atom. The van der Waals surface area contributed by atoms with Crippen molar-refractivity contribution in [3.63, 3.8) is 0 Å². The van der Waals surface area contributed by atoms with Crippen molar-refractivity contribution >= 4 is 22.7 Å². The number of rotatable bonds is 6. The Labute approximate surface area is 118 Å². The predicted octanol–water partition coefficient (Wildman–Crippen LogP) is 3.77. The molecule has 0 saturated heterocycles. The molecule has 1 aromatic heterocycles. The lowest BCUT2D eigenvalue weighted by Crippen LogP contribution is -2.17. The highest BCUT2D eigenvalue weighted by atomic mass is 32.1. The summed E-state index contributed by atoms with van der Waals surface area (Å²) in [6, 6.07) is 8.29. The summed E-state index contributed by atoms with van der Waals surface area (Å²) in [5, 5.41) is 7.76. The van der Waals surface area contributed by atoms with E-state index in [9.17, 15) is 0 Å². The second-order valence-corrected chi connectivity index (χ2v) is 5.38. The van der Waals surface area contributed by atoms with E-state index in [0.29, 0.717) is 12.6 Å². The Morgan fingerprint density at radius 3 is 2.89 bits per heavy atom. The minimum atomic E-state index is 0.353. The Hall–Kier alpha value is -1.68. The van der Waals surface area contributed by atoms with Crippen LogP contribution in [0.1, 0.15) is 19.4 Å². The third-order valence-electron chi connectivity index (χ3n) is 2.77. The molecule has 2 aromatic rings. The monoisotopic (exact) mass is 276 g/mol. The van der Waals surface area contributed by atoms with Gasteiger partial charge in [0.05, 0.1) is 6.61 Å². The molecular weight excluding hydrogens is 256 g/mol. The first-order chi connectivity index (χ1) is 9.17. The zero-order valence-corrected chi connectivity index (χ0v) is 12.2. The van der Waals surface area contributed by atoms with Gasteiger partial charge in [-0.05, 0) is 48.7 Å². The highest BCUT2D eigenvalue weighted by Gasteiger charge is 2.06. The van der Waals surface area contributed by atoms with Crippen LogP contribution in [-0.2, 0) is 6.42 Å². The summed E-state index contributed by atoms with van der Waals surface area (Å²) in [5.41, 5.74) is 8.97. The van der Waals surface area contributed by atoms with Crippen molar-refractivity contribution in [2.75, 3.05) is 17.7 Å². The fourth-order valence-electron chi connectivity index (χ4n) is 2.05. The fourth-order valence-corrected chi connectivity index (χ4v) is 2.73. The van der Waals surface area contributed by atoms with E-state index in [1.807, 2.05) is 25.1 Å². The molecule has 0 aliphatic heterocycles. The van der Waals surface area contributed by atoms with Gasteiger partial charge in [-0.3, -0.25) is 0 Å². The maximum absolute atomic E-state index is 5.88. The number of nitrogens with one attached hydrogen (secondary N) is 1. The molecule has 1 heterocycles. The first-order valence-electron chi connectivity index (χ1n) is 6.48. The topological polar surface area (TPSA) is 47.3 Å². The van der Waals surface area contributed by atoms with Gasteiger partial charge >= 0.3 is 0 Å². The lowest BCUT2D eigenvalue weighted by molar-refractivity contribution is 0.340. The summed E-state index contributed by atoms with van der Waals surface area (Å²) in [5.74, 6) is 0.813. The molecule has 3 nitrogen and oxygen atoms in total. The quantitative estimate of drug-likeness (QED) is 0.789. The lowest BCUT2D eigenvalue weighted by atomic mass is 10.1. The molecule has 1 aromatic carbocycles. The highest BCUT2D eigenvalue weighted by Crippen LogP contribution is 2.23. The van der Waals surface area contributed by atoms with E-state index in [0.717, 1.165) is 23.5 Å². The molecule has 1 unspecified atom stereocenters. The number of nitrogen functional groups attached to an aromatic ring is 1. The van der Waals surface area contributed by atoms with Gasteiger partial charge in [-0.2, -0.15) is 11.3 Å². The standard InChI is InChI=1S/C15H20N2OS/c1-3-18-15-8-13(16)7-14(9-15)17-11(2)6-12-4-5-19-10-12/h4-5,7-11,17H,3,6,16H2,1-2H3.